The third-order valence-electron chi connectivity index (χ3n) is 6.61. The van der Waals surface area contributed by atoms with Crippen LogP contribution < -0.4 is 0 Å². The van der Waals surface area contributed by atoms with E-state index in [4.69, 9.17) is 0 Å². The van der Waals surface area contributed by atoms with Crippen molar-refractivity contribution in [2.24, 2.45) is 5.92 Å². The molecule has 0 bridgehead atoms. The molecule has 0 spiro atoms. The van der Waals surface area contributed by atoms with Crippen molar-refractivity contribution in [2.45, 2.75) is 44.4 Å². The molecule has 1 aliphatic carbocycles. The summed E-state index contributed by atoms with van der Waals surface area (Å²) in [5, 5.41) is 0.0824. The van der Waals surface area contributed by atoms with Gasteiger partial charge in [0.15, 0.2) is 11.6 Å². The van der Waals surface area contributed by atoms with Crippen LogP contribution in [-0.2, 0) is 6.42 Å². The van der Waals surface area contributed by atoms with E-state index < -0.39 is 17.5 Å². The lowest BCUT2D eigenvalue weighted by molar-refractivity contribution is 0.376. The summed E-state index contributed by atoms with van der Waals surface area (Å²) >= 11 is 0. The van der Waals surface area contributed by atoms with E-state index in [0.717, 1.165) is 25.7 Å². The molecule has 0 N–H and O–H groups in total. The Hall–Kier alpha value is -2.81. The minimum absolute atomic E-state index is 0.243. The van der Waals surface area contributed by atoms with Crippen LogP contribution in [0.2, 0.25) is 0 Å². The van der Waals surface area contributed by atoms with Crippen LogP contribution in [0.1, 0.15) is 49.1 Å². The molecule has 3 heteroatoms. The number of benzene rings is 3. The Balaban J connectivity index is 1.65. The molecule has 0 atom stereocenters. The first-order chi connectivity index (χ1) is 15.0. The second kappa shape index (κ2) is 9.13. The van der Waals surface area contributed by atoms with E-state index in [2.05, 4.69) is 13.2 Å². The predicted octanol–water partition coefficient (Wildman–Crippen LogP) is 8.50. The zero-order chi connectivity index (χ0) is 22.0. The third kappa shape index (κ3) is 4.19. The van der Waals surface area contributed by atoms with Crippen molar-refractivity contribution in [2.75, 3.05) is 0 Å². The molecule has 0 aromatic heterocycles. The minimum atomic E-state index is -1.12. The van der Waals surface area contributed by atoms with Gasteiger partial charge in [0.2, 0.25) is 0 Å². The highest BCUT2D eigenvalue weighted by molar-refractivity contribution is 5.89. The Morgan fingerprint density at radius 1 is 0.839 bits per heavy atom. The first-order valence-electron chi connectivity index (χ1n) is 11.0. The molecule has 0 saturated heterocycles. The van der Waals surface area contributed by atoms with Crippen molar-refractivity contribution in [1.82, 2.24) is 0 Å². The van der Waals surface area contributed by atoms with Gasteiger partial charge < -0.3 is 0 Å². The van der Waals surface area contributed by atoms with Gasteiger partial charge >= 0.3 is 0 Å². The standard InChI is InChI=1S/C28H27F3/c1-3-5-6-23-17-22-15-16-24(27(30)25(22)28(31)26(23)29)21-13-11-20(12-14-21)19-9-7-18(4-2)8-10-19/h3-4,11-19H,1-2,5-10H2. The molecule has 0 unspecified atom stereocenters. The number of hydrogen-bond donors (Lipinski definition) is 0. The number of allylic oxidation sites excluding steroid dienone is 2. The van der Waals surface area contributed by atoms with Crippen molar-refractivity contribution >= 4 is 10.8 Å². The van der Waals surface area contributed by atoms with Crippen molar-refractivity contribution in [3.8, 4) is 11.1 Å². The van der Waals surface area contributed by atoms with Gasteiger partial charge in [-0.25, -0.2) is 13.2 Å². The summed E-state index contributed by atoms with van der Waals surface area (Å²) in [5.74, 6) is -1.70. The van der Waals surface area contributed by atoms with Gasteiger partial charge in [-0.3, -0.25) is 0 Å². The fraction of sp³-hybridized carbons (Fsp3) is 0.286. The molecule has 1 saturated carbocycles. The summed E-state index contributed by atoms with van der Waals surface area (Å²) in [7, 11) is 0. The second-order valence-electron chi connectivity index (χ2n) is 8.49. The van der Waals surface area contributed by atoms with Crippen LogP contribution in [0.4, 0.5) is 13.2 Å². The zero-order valence-corrected chi connectivity index (χ0v) is 17.6. The molecule has 0 radical (unpaired) electrons. The maximum absolute atomic E-state index is 15.3. The van der Waals surface area contributed by atoms with Crippen LogP contribution >= 0.6 is 0 Å². The number of halogens is 3. The van der Waals surface area contributed by atoms with Gasteiger partial charge in [-0.2, -0.15) is 0 Å². The van der Waals surface area contributed by atoms with Gasteiger partial charge in [-0.1, -0.05) is 48.6 Å². The average molecular weight is 421 g/mol. The maximum Gasteiger partial charge on any atom is 0.169 e. The van der Waals surface area contributed by atoms with E-state index >= 15 is 4.39 Å². The summed E-state index contributed by atoms with van der Waals surface area (Å²) in [5.41, 5.74) is 2.44. The van der Waals surface area contributed by atoms with Gasteiger partial charge in [-0.05, 0) is 78.5 Å². The molecule has 160 valence electrons. The molecule has 0 heterocycles. The average Bonchev–Trinajstić information content (AvgIpc) is 2.81. The van der Waals surface area contributed by atoms with E-state index in [1.807, 2.05) is 30.3 Å². The third-order valence-corrected chi connectivity index (χ3v) is 6.61. The van der Waals surface area contributed by atoms with E-state index in [0.29, 0.717) is 35.6 Å². The number of aryl methyl sites for hydroxylation is 1. The van der Waals surface area contributed by atoms with Crippen LogP contribution in [0.15, 0.2) is 67.8 Å². The van der Waals surface area contributed by atoms with Gasteiger partial charge in [0.25, 0.3) is 0 Å². The molecule has 0 nitrogen and oxygen atoms in total. The van der Waals surface area contributed by atoms with Crippen molar-refractivity contribution in [3.05, 3.63) is 96.4 Å². The first-order valence-corrected chi connectivity index (χ1v) is 11.0. The monoisotopic (exact) mass is 420 g/mol. The van der Waals surface area contributed by atoms with Crippen LogP contribution in [-0.4, -0.2) is 0 Å². The molecule has 31 heavy (non-hydrogen) atoms. The van der Waals surface area contributed by atoms with E-state index in [-0.39, 0.29) is 16.5 Å². The minimum Gasteiger partial charge on any atom is -0.206 e. The topological polar surface area (TPSA) is 0 Å². The molecular formula is C28H27F3. The fourth-order valence-corrected chi connectivity index (χ4v) is 4.72. The van der Waals surface area contributed by atoms with Crippen molar-refractivity contribution in [1.29, 1.82) is 0 Å². The van der Waals surface area contributed by atoms with Gasteiger partial charge in [0, 0.05) is 5.56 Å². The predicted molar refractivity (Wildman–Crippen MR) is 123 cm³/mol. The smallest absolute Gasteiger partial charge is 0.169 e. The highest BCUT2D eigenvalue weighted by atomic mass is 19.2. The van der Waals surface area contributed by atoms with Crippen molar-refractivity contribution in [3.63, 3.8) is 0 Å². The van der Waals surface area contributed by atoms with Crippen LogP contribution in [0.3, 0.4) is 0 Å². The summed E-state index contributed by atoms with van der Waals surface area (Å²) in [6.07, 6.45) is 9.11. The molecule has 0 aliphatic heterocycles. The summed E-state index contributed by atoms with van der Waals surface area (Å²) in [4.78, 5) is 0. The Morgan fingerprint density at radius 2 is 1.55 bits per heavy atom. The lowest BCUT2D eigenvalue weighted by atomic mass is 9.78. The van der Waals surface area contributed by atoms with Crippen LogP contribution in [0, 0.1) is 23.4 Å². The van der Waals surface area contributed by atoms with Gasteiger partial charge in [0.05, 0.1) is 5.39 Å². The van der Waals surface area contributed by atoms with Gasteiger partial charge in [0.1, 0.15) is 5.82 Å². The Bertz CT molecular complexity index is 1100. The highest BCUT2D eigenvalue weighted by Gasteiger charge is 2.22. The number of rotatable bonds is 6. The molecule has 3 aromatic rings. The summed E-state index contributed by atoms with van der Waals surface area (Å²) in [6, 6.07) is 12.7. The SMILES string of the molecule is C=CCCc1cc2ccc(-c3ccc(C4CCC(C=C)CC4)cc3)c(F)c2c(F)c1F. The quantitative estimate of drug-likeness (QED) is 0.351. The number of fused-ring (bicyclic) bond motifs is 1. The maximum atomic E-state index is 15.3. The summed E-state index contributed by atoms with van der Waals surface area (Å²) < 4.78 is 44.5. The van der Waals surface area contributed by atoms with Crippen LogP contribution in [0.25, 0.3) is 21.9 Å². The molecule has 4 rings (SSSR count). The molecule has 1 fully saturated rings. The lowest BCUT2D eigenvalue weighted by Crippen LogP contribution is -2.11. The highest BCUT2D eigenvalue weighted by Crippen LogP contribution is 2.38. The number of hydrogen-bond acceptors (Lipinski definition) is 0. The Labute approximate surface area is 182 Å². The second-order valence-corrected chi connectivity index (χ2v) is 8.49. The largest absolute Gasteiger partial charge is 0.206 e. The molecule has 1 aliphatic rings. The lowest BCUT2D eigenvalue weighted by Gasteiger charge is -2.27. The van der Waals surface area contributed by atoms with Crippen LogP contribution in [0.5, 0.6) is 0 Å². The fourth-order valence-electron chi connectivity index (χ4n) is 4.72. The normalized spacial score (nSPS) is 18.8. The molecule has 0 amide bonds. The van der Waals surface area contributed by atoms with Gasteiger partial charge in [-0.15, -0.1) is 13.2 Å². The Kier molecular flexibility index (Phi) is 6.31. The molecular weight excluding hydrogens is 393 g/mol. The van der Waals surface area contributed by atoms with E-state index in [1.54, 1.807) is 18.2 Å². The zero-order valence-electron chi connectivity index (χ0n) is 17.6. The van der Waals surface area contributed by atoms with E-state index in [1.165, 1.54) is 11.6 Å². The first kappa shape index (κ1) is 21.4. The summed E-state index contributed by atoms with van der Waals surface area (Å²) in [6.45, 7) is 7.51. The molecule has 3 aromatic carbocycles. The van der Waals surface area contributed by atoms with E-state index in [9.17, 15) is 8.78 Å². The van der Waals surface area contributed by atoms with Crippen molar-refractivity contribution < 1.29 is 13.2 Å². The Morgan fingerprint density at radius 3 is 2.19 bits per heavy atom.